The van der Waals surface area contributed by atoms with E-state index in [1.807, 2.05) is 6.08 Å². The highest BCUT2D eigenvalue weighted by atomic mass is 16.5. The van der Waals surface area contributed by atoms with Crippen molar-refractivity contribution >= 4 is 23.6 Å². The third-order valence-electron chi connectivity index (χ3n) is 10.5. The number of hydrogen-bond donors (Lipinski definition) is 3. The Bertz CT molecular complexity index is 1780. The molecule has 2 heterocycles. The van der Waals surface area contributed by atoms with Crippen molar-refractivity contribution in [2.75, 3.05) is 20.2 Å². The third kappa shape index (κ3) is 5.12. The Morgan fingerprint density at radius 2 is 1.23 bits per heavy atom. The maximum atomic E-state index is 14.2. The number of imide groups is 2. The molecule has 2 aliphatic heterocycles. The van der Waals surface area contributed by atoms with Crippen LogP contribution < -0.4 is 4.74 Å². The van der Waals surface area contributed by atoms with Gasteiger partial charge in [0.05, 0.1) is 30.8 Å². The lowest BCUT2D eigenvalue weighted by atomic mass is 9.57. The molecule has 2 saturated heterocycles. The van der Waals surface area contributed by atoms with Gasteiger partial charge in [-0.05, 0) is 79.1 Å². The molecule has 4 amide bonds. The third-order valence-corrected chi connectivity index (χ3v) is 10.5. The highest BCUT2D eigenvalue weighted by Crippen LogP contribution is 2.60. The van der Waals surface area contributed by atoms with Gasteiger partial charge in [-0.1, -0.05) is 42.0 Å². The summed E-state index contributed by atoms with van der Waals surface area (Å²) in [6, 6.07) is 18.2. The first-order chi connectivity index (χ1) is 22.7. The minimum Gasteiger partial charge on any atom is -0.508 e. The molecule has 6 unspecified atom stereocenters. The molecule has 10 heteroatoms. The van der Waals surface area contributed by atoms with Crippen molar-refractivity contribution in [3.05, 3.63) is 95.1 Å². The minimum absolute atomic E-state index is 0.0658. The molecule has 4 aliphatic rings. The maximum Gasteiger partial charge on any atom is 0.234 e. The molecule has 3 N–H and O–H groups in total. The lowest BCUT2D eigenvalue weighted by molar-refractivity contribution is -0.142. The van der Waals surface area contributed by atoms with Crippen LogP contribution >= 0.6 is 0 Å². The molecule has 0 radical (unpaired) electrons. The Kier molecular flexibility index (Phi) is 7.74. The quantitative estimate of drug-likeness (QED) is 0.249. The van der Waals surface area contributed by atoms with Crippen molar-refractivity contribution in [1.82, 2.24) is 9.80 Å². The fraction of sp³-hybridized carbons (Fsp3) is 0.351. The normalized spacial score (nSPS) is 26.6. The number of likely N-dealkylation sites (tertiary alicyclic amines) is 2. The van der Waals surface area contributed by atoms with Crippen molar-refractivity contribution in [3.63, 3.8) is 0 Å². The summed E-state index contributed by atoms with van der Waals surface area (Å²) in [6.45, 7) is 0.348. The Morgan fingerprint density at radius 1 is 0.681 bits per heavy atom. The molecule has 3 aromatic carbocycles. The van der Waals surface area contributed by atoms with Gasteiger partial charge < -0.3 is 20.1 Å². The van der Waals surface area contributed by atoms with Gasteiger partial charge in [0.2, 0.25) is 23.6 Å². The number of nitrogens with zero attached hydrogens (tertiary/aromatic N) is 2. The van der Waals surface area contributed by atoms with Gasteiger partial charge in [0.1, 0.15) is 23.0 Å². The van der Waals surface area contributed by atoms with Crippen molar-refractivity contribution in [3.8, 4) is 23.0 Å². The van der Waals surface area contributed by atoms with Gasteiger partial charge in [0.25, 0.3) is 0 Å². The van der Waals surface area contributed by atoms with Crippen LogP contribution in [0.15, 0.2) is 78.4 Å². The van der Waals surface area contributed by atoms with Crippen LogP contribution in [0, 0.1) is 29.6 Å². The zero-order valence-corrected chi connectivity index (χ0v) is 25.9. The smallest absolute Gasteiger partial charge is 0.234 e. The second-order valence-corrected chi connectivity index (χ2v) is 12.9. The van der Waals surface area contributed by atoms with E-state index in [2.05, 4.69) is 0 Å². The molecule has 1 saturated carbocycles. The first kappa shape index (κ1) is 30.5. The van der Waals surface area contributed by atoms with E-state index in [0.29, 0.717) is 30.6 Å². The Labute approximate surface area is 271 Å². The topological polar surface area (TPSA) is 145 Å². The number of aromatic hydroxyl groups is 3. The summed E-state index contributed by atoms with van der Waals surface area (Å²) in [7, 11) is 1.48. The monoisotopic (exact) mass is 636 g/mol. The van der Waals surface area contributed by atoms with Crippen LogP contribution in [0.1, 0.15) is 35.4 Å². The molecule has 10 nitrogen and oxygen atoms in total. The number of hydrogen-bond acceptors (Lipinski definition) is 8. The fourth-order valence-corrected chi connectivity index (χ4v) is 8.31. The number of ether oxygens (including phenoxy) is 1. The zero-order valence-electron chi connectivity index (χ0n) is 25.9. The van der Waals surface area contributed by atoms with Crippen LogP contribution in [0.5, 0.6) is 23.0 Å². The molecule has 3 fully saturated rings. The van der Waals surface area contributed by atoms with E-state index in [4.69, 9.17) is 4.74 Å². The van der Waals surface area contributed by atoms with Crippen molar-refractivity contribution in [1.29, 1.82) is 0 Å². The van der Waals surface area contributed by atoms with Gasteiger partial charge in [-0.15, -0.1) is 0 Å². The largest absolute Gasteiger partial charge is 0.508 e. The van der Waals surface area contributed by atoms with Gasteiger partial charge in [-0.25, -0.2) is 0 Å². The summed E-state index contributed by atoms with van der Waals surface area (Å²) >= 11 is 0. The number of rotatable bonds is 8. The number of carbonyl (C=O) groups is 4. The van der Waals surface area contributed by atoms with Gasteiger partial charge in [0.15, 0.2) is 0 Å². The van der Waals surface area contributed by atoms with Gasteiger partial charge in [0, 0.05) is 24.6 Å². The number of benzene rings is 3. The second kappa shape index (κ2) is 11.9. The zero-order chi connectivity index (χ0) is 33.0. The molecule has 0 bridgehead atoms. The lowest BCUT2D eigenvalue weighted by Crippen LogP contribution is -2.43. The number of amides is 4. The predicted octanol–water partition coefficient (Wildman–Crippen LogP) is 3.93. The van der Waals surface area contributed by atoms with Crippen molar-refractivity contribution < 1.29 is 39.2 Å². The number of allylic oxidation sites excluding steroid dienone is 2. The molecule has 0 spiro atoms. The van der Waals surface area contributed by atoms with Crippen LogP contribution in [0.2, 0.25) is 0 Å². The van der Waals surface area contributed by atoms with Gasteiger partial charge in [-0.3, -0.25) is 29.0 Å². The first-order valence-corrected chi connectivity index (χ1v) is 16.0. The van der Waals surface area contributed by atoms with Crippen molar-refractivity contribution in [2.24, 2.45) is 29.6 Å². The molecule has 242 valence electrons. The van der Waals surface area contributed by atoms with Gasteiger partial charge in [-0.2, -0.15) is 0 Å². The standard InChI is InChI=1S/C37H36N2O8/c1-47-29-4-2-3-28(42)33(29)31-24-13-14-25-30(36(45)38(34(25)43)17-15-20-5-9-22(40)10-6-20)26(24)19-27-32(31)37(46)39(35(27)44)18-16-21-7-11-23(41)12-8-21/h2-13,25-27,30-32,40-42H,14-19H2,1H3. The summed E-state index contributed by atoms with van der Waals surface area (Å²) in [5.41, 5.74) is 2.93. The van der Waals surface area contributed by atoms with Gasteiger partial charge >= 0.3 is 0 Å². The van der Waals surface area contributed by atoms with E-state index in [1.54, 1.807) is 60.7 Å². The number of fused-ring (bicyclic) bond motifs is 4. The molecular weight excluding hydrogens is 600 g/mol. The summed E-state index contributed by atoms with van der Waals surface area (Å²) in [6.07, 6.45) is 3.35. The number of carbonyl (C=O) groups excluding carboxylic acids is 4. The average Bonchev–Trinajstić information content (AvgIpc) is 3.46. The van der Waals surface area contributed by atoms with E-state index in [9.17, 15) is 34.5 Å². The van der Waals surface area contributed by atoms with E-state index < -0.39 is 35.5 Å². The molecule has 47 heavy (non-hydrogen) atoms. The summed E-state index contributed by atoms with van der Waals surface area (Å²) in [4.78, 5) is 58.7. The van der Waals surface area contributed by atoms with E-state index in [1.165, 1.54) is 23.0 Å². The summed E-state index contributed by atoms with van der Waals surface area (Å²) < 4.78 is 5.67. The molecular formula is C37H36N2O8. The average molecular weight is 637 g/mol. The predicted molar refractivity (Wildman–Crippen MR) is 169 cm³/mol. The minimum atomic E-state index is -0.804. The maximum absolute atomic E-state index is 14.2. The van der Waals surface area contributed by atoms with E-state index in [-0.39, 0.29) is 60.4 Å². The van der Waals surface area contributed by atoms with Crippen LogP contribution in [0.4, 0.5) is 0 Å². The van der Waals surface area contributed by atoms with E-state index in [0.717, 1.165) is 16.7 Å². The van der Waals surface area contributed by atoms with Crippen molar-refractivity contribution in [2.45, 2.75) is 31.6 Å². The van der Waals surface area contributed by atoms with Crippen LogP contribution in [-0.4, -0.2) is 68.9 Å². The van der Waals surface area contributed by atoms with Crippen LogP contribution in [-0.2, 0) is 32.0 Å². The first-order valence-electron chi connectivity index (χ1n) is 16.0. The lowest BCUT2D eigenvalue weighted by Gasteiger charge is -2.44. The molecule has 3 aromatic rings. The SMILES string of the molecule is COc1cccc(O)c1C1C2=CCC3C(=O)N(CCc4ccc(O)cc4)C(=O)C3C2CC2C(=O)N(CCc3ccc(O)cc3)C(=O)C21. The number of phenols is 3. The molecule has 0 aromatic heterocycles. The Hall–Kier alpha value is -5.12. The van der Waals surface area contributed by atoms with Crippen LogP contribution in [0.25, 0.3) is 0 Å². The van der Waals surface area contributed by atoms with Crippen LogP contribution in [0.3, 0.4) is 0 Å². The molecule has 7 rings (SSSR count). The fourth-order valence-electron chi connectivity index (χ4n) is 8.31. The highest BCUT2D eigenvalue weighted by molar-refractivity contribution is 6.08. The summed E-state index contributed by atoms with van der Waals surface area (Å²) in [5, 5.41) is 30.5. The molecule has 6 atom stereocenters. The molecule has 2 aliphatic carbocycles. The van der Waals surface area contributed by atoms with E-state index >= 15 is 0 Å². The highest BCUT2D eigenvalue weighted by Gasteiger charge is 2.62. The Balaban J connectivity index is 1.23. The number of methoxy groups -OCH3 is 1. The Morgan fingerprint density at radius 3 is 1.81 bits per heavy atom. The summed E-state index contributed by atoms with van der Waals surface area (Å²) in [5.74, 6) is -4.60. The number of phenolic OH excluding ortho intramolecular Hbond substituents is 3. The second-order valence-electron chi connectivity index (χ2n) is 12.9.